The Morgan fingerprint density at radius 1 is 1.35 bits per heavy atom. The number of amides is 1. The molecule has 3 rings (SSSR count). The number of rotatable bonds is 6. The van der Waals surface area contributed by atoms with Crippen LogP contribution in [0.2, 0.25) is 5.02 Å². The quantitative estimate of drug-likeness (QED) is 0.684. The topological polar surface area (TPSA) is 110 Å². The average Bonchev–Trinajstić information content (AvgIpc) is 3.10. The zero-order chi connectivity index (χ0) is 18.5. The molecule has 9 heteroatoms. The van der Waals surface area contributed by atoms with E-state index in [0.717, 1.165) is 5.56 Å². The molecule has 1 atom stereocenters. The van der Waals surface area contributed by atoms with Crippen molar-refractivity contribution in [2.24, 2.45) is 0 Å². The summed E-state index contributed by atoms with van der Waals surface area (Å²) in [5, 5.41) is 6.89. The van der Waals surface area contributed by atoms with Crippen LogP contribution in [0.15, 0.2) is 51.9 Å². The normalized spacial score (nSPS) is 11.9. The van der Waals surface area contributed by atoms with Gasteiger partial charge in [-0.05, 0) is 18.2 Å². The molecule has 134 valence electrons. The molecule has 0 aliphatic rings. The second kappa shape index (κ2) is 7.94. The van der Waals surface area contributed by atoms with Crippen molar-refractivity contribution in [3.8, 4) is 11.4 Å². The van der Waals surface area contributed by atoms with Gasteiger partial charge in [0.15, 0.2) is 5.82 Å². The number of aromatic nitrogens is 3. The van der Waals surface area contributed by atoms with Crippen molar-refractivity contribution in [3.05, 3.63) is 69.4 Å². The van der Waals surface area contributed by atoms with E-state index in [4.69, 9.17) is 16.3 Å². The van der Waals surface area contributed by atoms with E-state index in [9.17, 15) is 9.59 Å². The molecule has 26 heavy (non-hydrogen) atoms. The van der Waals surface area contributed by atoms with Gasteiger partial charge in [0.2, 0.25) is 0 Å². The van der Waals surface area contributed by atoms with E-state index in [1.807, 2.05) is 18.2 Å². The minimum absolute atomic E-state index is 0.216. The third-order valence-corrected chi connectivity index (χ3v) is 4.04. The molecule has 3 aromatic rings. The Labute approximate surface area is 153 Å². The van der Waals surface area contributed by atoms with E-state index in [1.54, 1.807) is 19.2 Å². The van der Waals surface area contributed by atoms with Crippen LogP contribution in [0.5, 0.6) is 0 Å². The molecule has 0 radical (unpaired) electrons. The maximum Gasteiger partial charge on any atom is 0.439 e. The van der Waals surface area contributed by atoms with Gasteiger partial charge < -0.3 is 10.1 Å². The number of hydrogen-bond donors (Lipinski definition) is 2. The van der Waals surface area contributed by atoms with Crippen LogP contribution in [-0.4, -0.2) is 34.7 Å². The number of methoxy groups -OCH3 is 1. The Morgan fingerprint density at radius 3 is 2.77 bits per heavy atom. The second-order valence-electron chi connectivity index (χ2n) is 5.33. The van der Waals surface area contributed by atoms with Gasteiger partial charge in [0.05, 0.1) is 0 Å². The molecule has 2 aromatic heterocycles. The van der Waals surface area contributed by atoms with E-state index in [-0.39, 0.29) is 30.1 Å². The summed E-state index contributed by atoms with van der Waals surface area (Å²) in [5.74, 6) is -0.779. The summed E-state index contributed by atoms with van der Waals surface area (Å²) in [6, 6.07) is 10.4. The molecule has 0 fully saturated rings. The standard InChI is InChI=1S/C17H15ClN4O4/c1-25-14(11-4-2-3-5-12(11)18)9-20-16(23)13-7-6-10(8-19-13)15-21-17(24)26-22-15/h2-8,14H,9H2,1H3,(H,20,23)(H,21,22,24). The van der Waals surface area contributed by atoms with Crippen LogP contribution in [0.1, 0.15) is 22.2 Å². The maximum absolute atomic E-state index is 12.3. The molecule has 0 bridgehead atoms. The molecule has 2 heterocycles. The summed E-state index contributed by atoms with van der Waals surface area (Å²) in [6.45, 7) is 0.235. The van der Waals surface area contributed by atoms with Gasteiger partial charge in [0.1, 0.15) is 11.8 Å². The molecular formula is C17H15ClN4O4. The van der Waals surface area contributed by atoms with E-state index in [2.05, 4.69) is 25.0 Å². The van der Waals surface area contributed by atoms with Crippen LogP contribution in [0, 0.1) is 0 Å². The van der Waals surface area contributed by atoms with Gasteiger partial charge in [0, 0.05) is 36.0 Å². The van der Waals surface area contributed by atoms with Crippen LogP contribution in [0.3, 0.4) is 0 Å². The monoisotopic (exact) mass is 374 g/mol. The number of nitrogens with zero attached hydrogens (tertiary/aromatic N) is 2. The largest absolute Gasteiger partial charge is 0.439 e. The Balaban J connectivity index is 1.66. The fourth-order valence-electron chi connectivity index (χ4n) is 2.35. The van der Waals surface area contributed by atoms with E-state index in [0.29, 0.717) is 10.6 Å². The lowest BCUT2D eigenvalue weighted by Crippen LogP contribution is -2.29. The molecule has 0 saturated heterocycles. The van der Waals surface area contributed by atoms with Gasteiger partial charge in [-0.25, -0.2) is 4.79 Å². The molecule has 1 aromatic carbocycles. The van der Waals surface area contributed by atoms with Gasteiger partial charge in [-0.3, -0.25) is 19.3 Å². The van der Waals surface area contributed by atoms with Gasteiger partial charge in [-0.1, -0.05) is 35.0 Å². The second-order valence-corrected chi connectivity index (χ2v) is 5.74. The van der Waals surface area contributed by atoms with E-state index < -0.39 is 5.76 Å². The van der Waals surface area contributed by atoms with Crippen LogP contribution >= 0.6 is 11.6 Å². The molecule has 1 unspecified atom stereocenters. The number of halogens is 1. The van der Waals surface area contributed by atoms with E-state index in [1.165, 1.54) is 12.3 Å². The van der Waals surface area contributed by atoms with Crippen LogP contribution in [0.25, 0.3) is 11.4 Å². The molecule has 2 N–H and O–H groups in total. The van der Waals surface area contributed by atoms with Crippen molar-refractivity contribution in [1.82, 2.24) is 20.4 Å². The number of ether oxygens (including phenoxy) is 1. The maximum atomic E-state index is 12.3. The highest BCUT2D eigenvalue weighted by Gasteiger charge is 2.16. The summed E-state index contributed by atoms with van der Waals surface area (Å²) >= 11 is 6.16. The number of hydrogen-bond acceptors (Lipinski definition) is 6. The summed E-state index contributed by atoms with van der Waals surface area (Å²) in [7, 11) is 1.55. The Bertz CT molecular complexity index is 952. The first-order chi connectivity index (χ1) is 12.6. The Hall–Kier alpha value is -2.97. The predicted octanol–water partition coefficient (Wildman–Crippen LogP) is 2.20. The number of pyridine rings is 1. The summed E-state index contributed by atoms with van der Waals surface area (Å²) < 4.78 is 9.84. The summed E-state index contributed by atoms with van der Waals surface area (Å²) in [5.41, 5.74) is 1.53. The predicted molar refractivity (Wildman–Crippen MR) is 93.9 cm³/mol. The van der Waals surface area contributed by atoms with Crippen molar-refractivity contribution in [2.45, 2.75) is 6.10 Å². The summed E-state index contributed by atoms with van der Waals surface area (Å²) in [4.78, 5) is 29.7. The Kier molecular flexibility index (Phi) is 5.45. The molecule has 1 amide bonds. The van der Waals surface area contributed by atoms with Gasteiger partial charge in [0.25, 0.3) is 5.91 Å². The molecule has 8 nitrogen and oxygen atoms in total. The van der Waals surface area contributed by atoms with Gasteiger partial charge in [-0.15, -0.1) is 0 Å². The number of H-pyrrole nitrogens is 1. The third kappa shape index (κ3) is 3.98. The molecular weight excluding hydrogens is 360 g/mol. The number of nitrogens with one attached hydrogen (secondary N) is 2. The minimum Gasteiger partial charge on any atom is -0.375 e. The minimum atomic E-state index is -0.660. The smallest absolute Gasteiger partial charge is 0.375 e. The first-order valence-electron chi connectivity index (χ1n) is 7.66. The first kappa shape index (κ1) is 17.8. The third-order valence-electron chi connectivity index (χ3n) is 3.69. The number of benzene rings is 1. The van der Waals surface area contributed by atoms with Crippen LogP contribution in [-0.2, 0) is 4.74 Å². The van der Waals surface area contributed by atoms with Crippen molar-refractivity contribution in [3.63, 3.8) is 0 Å². The van der Waals surface area contributed by atoms with Crippen LogP contribution < -0.4 is 11.1 Å². The lowest BCUT2D eigenvalue weighted by molar-refractivity contribution is 0.0824. The summed E-state index contributed by atoms with van der Waals surface area (Å²) in [6.07, 6.45) is 1.04. The van der Waals surface area contributed by atoms with Gasteiger partial charge >= 0.3 is 5.76 Å². The average molecular weight is 375 g/mol. The highest BCUT2D eigenvalue weighted by Crippen LogP contribution is 2.24. The van der Waals surface area contributed by atoms with Gasteiger partial charge in [-0.2, -0.15) is 0 Å². The van der Waals surface area contributed by atoms with E-state index >= 15 is 0 Å². The molecule has 0 aliphatic heterocycles. The van der Waals surface area contributed by atoms with Crippen molar-refractivity contribution >= 4 is 17.5 Å². The molecule has 0 saturated carbocycles. The zero-order valence-corrected chi connectivity index (χ0v) is 14.5. The van der Waals surface area contributed by atoms with Crippen molar-refractivity contribution in [1.29, 1.82) is 0 Å². The molecule has 0 spiro atoms. The van der Waals surface area contributed by atoms with Crippen molar-refractivity contribution < 1.29 is 14.1 Å². The fourth-order valence-corrected chi connectivity index (χ4v) is 2.61. The number of carbonyl (C=O) groups excluding carboxylic acids is 1. The lowest BCUT2D eigenvalue weighted by atomic mass is 10.1. The highest BCUT2D eigenvalue weighted by molar-refractivity contribution is 6.31. The fraction of sp³-hybridized carbons (Fsp3) is 0.176. The van der Waals surface area contributed by atoms with Crippen molar-refractivity contribution in [2.75, 3.05) is 13.7 Å². The zero-order valence-electron chi connectivity index (χ0n) is 13.7. The molecule has 0 aliphatic carbocycles. The Morgan fingerprint density at radius 2 is 2.15 bits per heavy atom. The first-order valence-corrected chi connectivity index (χ1v) is 8.04. The number of aromatic amines is 1. The lowest BCUT2D eigenvalue weighted by Gasteiger charge is -2.17. The number of carbonyl (C=O) groups is 1. The SMILES string of the molecule is COC(CNC(=O)c1ccc(-c2noc(=O)[nH]2)cn1)c1ccccc1Cl. The van der Waals surface area contributed by atoms with Crippen LogP contribution in [0.4, 0.5) is 0 Å². The highest BCUT2D eigenvalue weighted by atomic mass is 35.5.